The average molecular weight is 254 g/mol. The summed E-state index contributed by atoms with van der Waals surface area (Å²) in [6, 6.07) is 14.8. The summed E-state index contributed by atoms with van der Waals surface area (Å²) in [5, 5.41) is 18.2. The van der Waals surface area contributed by atoms with Crippen LogP contribution in [0.25, 0.3) is 6.08 Å². The topological polar surface area (TPSA) is 57.5 Å². The fourth-order valence-electron chi connectivity index (χ4n) is 1.79. The molecule has 0 bridgehead atoms. The number of phenolic OH excluding ortho intramolecular Hbond substituents is 1. The standard InChI is InChI=1S/C16H14O3/c17-15-4-2-1-3-14(15)11-13-7-5-12(6-8-13)9-10-16(18)19/h1-10,17H,11H2,(H,18,19). The van der Waals surface area contributed by atoms with Crippen molar-refractivity contribution in [2.45, 2.75) is 6.42 Å². The van der Waals surface area contributed by atoms with E-state index in [2.05, 4.69) is 0 Å². The number of carbonyl (C=O) groups is 1. The Kier molecular flexibility index (Phi) is 3.98. The van der Waals surface area contributed by atoms with E-state index >= 15 is 0 Å². The summed E-state index contributed by atoms with van der Waals surface area (Å²) in [5.41, 5.74) is 2.77. The number of hydrogen-bond acceptors (Lipinski definition) is 2. The molecule has 0 heterocycles. The first-order chi connectivity index (χ1) is 9.15. The number of rotatable bonds is 4. The number of hydrogen-bond donors (Lipinski definition) is 2. The maximum atomic E-state index is 10.4. The van der Waals surface area contributed by atoms with Crippen molar-refractivity contribution < 1.29 is 15.0 Å². The molecule has 2 aromatic carbocycles. The zero-order chi connectivity index (χ0) is 13.7. The second-order valence-electron chi connectivity index (χ2n) is 4.22. The maximum absolute atomic E-state index is 10.4. The van der Waals surface area contributed by atoms with Crippen molar-refractivity contribution in [3.63, 3.8) is 0 Å². The van der Waals surface area contributed by atoms with Crippen molar-refractivity contribution >= 4 is 12.0 Å². The SMILES string of the molecule is O=C(O)C=Cc1ccc(Cc2ccccc2O)cc1. The van der Waals surface area contributed by atoms with Gasteiger partial charge >= 0.3 is 5.97 Å². The molecule has 0 saturated heterocycles. The van der Waals surface area contributed by atoms with Crippen LogP contribution < -0.4 is 0 Å². The molecule has 19 heavy (non-hydrogen) atoms. The molecule has 3 heteroatoms. The highest BCUT2D eigenvalue weighted by molar-refractivity contribution is 5.85. The van der Waals surface area contributed by atoms with Crippen LogP contribution in [0.1, 0.15) is 16.7 Å². The van der Waals surface area contributed by atoms with Crippen molar-refractivity contribution in [1.82, 2.24) is 0 Å². The zero-order valence-electron chi connectivity index (χ0n) is 10.3. The number of aromatic hydroxyl groups is 1. The first kappa shape index (κ1) is 12.9. The minimum atomic E-state index is -0.960. The summed E-state index contributed by atoms with van der Waals surface area (Å²) in [7, 11) is 0. The van der Waals surface area contributed by atoms with E-state index in [0.717, 1.165) is 22.8 Å². The third-order valence-corrected chi connectivity index (χ3v) is 2.78. The first-order valence-corrected chi connectivity index (χ1v) is 5.92. The molecule has 0 aliphatic rings. The third kappa shape index (κ3) is 3.71. The summed E-state index contributed by atoms with van der Waals surface area (Å²) in [6.07, 6.45) is 3.31. The minimum Gasteiger partial charge on any atom is -0.508 e. The highest BCUT2D eigenvalue weighted by Gasteiger charge is 2.01. The molecule has 0 spiro atoms. The lowest BCUT2D eigenvalue weighted by atomic mass is 10.0. The van der Waals surface area contributed by atoms with E-state index in [0.29, 0.717) is 6.42 Å². The summed E-state index contributed by atoms with van der Waals surface area (Å²) < 4.78 is 0. The van der Waals surface area contributed by atoms with Crippen LogP contribution in [0.2, 0.25) is 0 Å². The van der Waals surface area contributed by atoms with E-state index in [4.69, 9.17) is 5.11 Å². The van der Waals surface area contributed by atoms with Crippen molar-refractivity contribution in [2.24, 2.45) is 0 Å². The molecule has 0 radical (unpaired) electrons. The van der Waals surface area contributed by atoms with Gasteiger partial charge in [0.25, 0.3) is 0 Å². The molecule has 0 fully saturated rings. The average Bonchev–Trinajstić information content (AvgIpc) is 2.40. The van der Waals surface area contributed by atoms with Crippen LogP contribution in [0.4, 0.5) is 0 Å². The Hall–Kier alpha value is -2.55. The van der Waals surface area contributed by atoms with E-state index in [1.807, 2.05) is 36.4 Å². The molecule has 2 N–H and O–H groups in total. The van der Waals surface area contributed by atoms with E-state index in [9.17, 15) is 9.90 Å². The molecule has 0 saturated carbocycles. The molecular formula is C16H14O3. The Bertz CT molecular complexity index is 598. The van der Waals surface area contributed by atoms with Crippen LogP contribution in [-0.4, -0.2) is 16.2 Å². The maximum Gasteiger partial charge on any atom is 0.328 e. The van der Waals surface area contributed by atoms with Gasteiger partial charge in [0.2, 0.25) is 0 Å². The van der Waals surface area contributed by atoms with Crippen LogP contribution in [-0.2, 0) is 11.2 Å². The highest BCUT2D eigenvalue weighted by Crippen LogP contribution is 2.20. The van der Waals surface area contributed by atoms with Gasteiger partial charge in [0.15, 0.2) is 0 Å². The highest BCUT2D eigenvalue weighted by atomic mass is 16.4. The molecule has 2 rings (SSSR count). The third-order valence-electron chi connectivity index (χ3n) is 2.78. The van der Waals surface area contributed by atoms with Gasteiger partial charge in [-0.2, -0.15) is 0 Å². The Balaban J connectivity index is 2.11. The molecule has 0 unspecified atom stereocenters. The summed E-state index contributed by atoms with van der Waals surface area (Å²) in [6.45, 7) is 0. The smallest absolute Gasteiger partial charge is 0.328 e. The predicted molar refractivity (Wildman–Crippen MR) is 74.0 cm³/mol. The fraction of sp³-hybridized carbons (Fsp3) is 0.0625. The van der Waals surface area contributed by atoms with Crippen LogP contribution >= 0.6 is 0 Å². The van der Waals surface area contributed by atoms with Gasteiger partial charge in [-0.3, -0.25) is 0 Å². The number of carboxylic acid groups (broad SMARTS) is 1. The van der Waals surface area contributed by atoms with Gasteiger partial charge in [-0.1, -0.05) is 42.5 Å². The van der Waals surface area contributed by atoms with Crippen molar-refractivity contribution in [3.8, 4) is 5.75 Å². The second-order valence-corrected chi connectivity index (χ2v) is 4.22. The fourth-order valence-corrected chi connectivity index (χ4v) is 1.79. The Morgan fingerprint density at radius 3 is 2.37 bits per heavy atom. The summed E-state index contributed by atoms with van der Waals surface area (Å²) >= 11 is 0. The summed E-state index contributed by atoms with van der Waals surface area (Å²) in [4.78, 5) is 10.4. The van der Waals surface area contributed by atoms with Gasteiger partial charge in [-0.25, -0.2) is 4.79 Å². The van der Waals surface area contributed by atoms with Crippen molar-refractivity contribution in [1.29, 1.82) is 0 Å². The van der Waals surface area contributed by atoms with Gasteiger partial charge in [0, 0.05) is 12.5 Å². The quantitative estimate of drug-likeness (QED) is 0.824. The molecular weight excluding hydrogens is 240 g/mol. The zero-order valence-corrected chi connectivity index (χ0v) is 10.3. The number of aliphatic carboxylic acids is 1. The lowest BCUT2D eigenvalue weighted by molar-refractivity contribution is -0.131. The predicted octanol–water partition coefficient (Wildman–Crippen LogP) is 3.08. The molecule has 3 nitrogen and oxygen atoms in total. The van der Waals surface area contributed by atoms with Gasteiger partial charge in [-0.05, 0) is 28.8 Å². The molecule has 0 aliphatic carbocycles. The lowest BCUT2D eigenvalue weighted by Gasteiger charge is -2.04. The Morgan fingerprint density at radius 2 is 1.74 bits per heavy atom. The lowest BCUT2D eigenvalue weighted by Crippen LogP contribution is -1.89. The molecule has 96 valence electrons. The monoisotopic (exact) mass is 254 g/mol. The van der Waals surface area contributed by atoms with Crippen LogP contribution in [0.15, 0.2) is 54.6 Å². The molecule has 2 aromatic rings. The summed E-state index contributed by atoms with van der Waals surface area (Å²) in [5.74, 6) is -0.671. The van der Waals surface area contributed by atoms with E-state index < -0.39 is 5.97 Å². The number of para-hydroxylation sites is 1. The van der Waals surface area contributed by atoms with Gasteiger partial charge in [0.1, 0.15) is 5.75 Å². The number of phenols is 1. The second kappa shape index (κ2) is 5.87. The van der Waals surface area contributed by atoms with Crippen molar-refractivity contribution in [3.05, 3.63) is 71.3 Å². The molecule has 0 aliphatic heterocycles. The van der Waals surface area contributed by atoms with Gasteiger partial charge in [-0.15, -0.1) is 0 Å². The van der Waals surface area contributed by atoms with Crippen LogP contribution in [0.3, 0.4) is 0 Å². The number of benzene rings is 2. The van der Waals surface area contributed by atoms with E-state index in [1.54, 1.807) is 18.2 Å². The normalized spacial score (nSPS) is 10.7. The number of carboxylic acids is 1. The molecule has 0 atom stereocenters. The van der Waals surface area contributed by atoms with Gasteiger partial charge < -0.3 is 10.2 Å². The molecule has 0 aromatic heterocycles. The van der Waals surface area contributed by atoms with E-state index in [-0.39, 0.29) is 5.75 Å². The van der Waals surface area contributed by atoms with Crippen LogP contribution in [0, 0.1) is 0 Å². The first-order valence-electron chi connectivity index (χ1n) is 5.92. The Morgan fingerprint density at radius 1 is 1.05 bits per heavy atom. The minimum absolute atomic E-state index is 0.289. The van der Waals surface area contributed by atoms with Crippen molar-refractivity contribution in [2.75, 3.05) is 0 Å². The van der Waals surface area contributed by atoms with Crippen LogP contribution in [0.5, 0.6) is 5.75 Å². The Labute approximate surface area is 111 Å². The van der Waals surface area contributed by atoms with Gasteiger partial charge in [0.05, 0.1) is 0 Å². The largest absolute Gasteiger partial charge is 0.508 e. The van der Waals surface area contributed by atoms with E-state index in [1.165, 1.54) is 0 Å². The molecule has 0 amide bonds.